The standard InChI is InChI=1S/C21H23N3O4S2/c1-12-8-13(2)10-14(9-12)19-16(25)6-5-15(20(19)28)22-23-17-11-24-21(29-17,30-24)7-3-4-18(26)27/h5,8-10,22,28H,3-4,6-7,11H2,1-2H3,(H,26,27). The number of hydrogen-bond acceptors (Lipinski definition) is 8. The van der Waals surface area contributed by atoms with Gasteiger partial charge in [-0.2, -0.15) is 5.10 Å². The summed E-state index contributed by atoms with van der Waals surface area (Å²) in [5.41, 5.74) is 6.46. The summed E-state index contributed by atoms with van der Waals surface area (Å²) in [6.45, 7) is 4.60. The third kappa shape index (κ3) is 4.28. The van der Waals surface area contributed by atoms with Crippen LogP contribution in [0, 0.1) is 13.8 Å². The maximum Gasteiger partial charge on any atom is 0.303 e. The van der Waals surface area contributed by atoms with E-state index >= 15 is 0 Å². The van der Waals surface area contributed by atoms with Crippen molar-refractivity contribution >= 4 is 46.1 Å². The summed E-state index contributed by atoms with van der Waals surface area (Å²) < 4.78 is 2.09. The summed E-state index contributed by atoms with van der Waals surface area (Å²) in [6, 6.07) is 5.83. The molecule has 1 aliphatic carbocycles. The molecular formula is C21H23N3O4S2. The molecule has 0 radical (unpaired) electrons. The van der Waals surface area contributed by atoms with Crippen LogP contribution in [0.4, 0.5) is 0 Å². The van der Waals surface area contributed by atoms with Gasteiger partial charge >= 0.3 is 5.97 Å². The van der Waals surface area contributed by atoms with E-state index in [1.54, 1.807) is 29.8 Å². The zero-order valence-electron chi connectivity index (χ0n) is 16.8. The zero-order chi connectivity index (χ0) is 21.5. The van der Waals surface area contributed by atoms with Crippen molar-refractivity contribution in [2.24, 2.45) is 5.10 Å². The zero-order valence-corrected chi connectivity index (χ0v) is 18.4. The van der Waals surface area contributed by atoms with Gasteiger partial charge in [0, 0.05) is 12.8 Å². The molecular weight excluding hydrogens is 422 g/mol. The number of rotatable bonds is 7. The highest BCUT2D eigenvalue weighted by Crippen LogP contribution is 2.66. The summed E-state index contributed by atoms with van der Waals surface area (Å²) in [4.78, 5) is 23.2. The number of carboxylic acids is 1. The van der Waals surface area contributed by atoms with Crippen molar-refractivity contribution < 1.29 is 19.8 Å². The number of nitrogens with zero attached hydrogens (tertiary/aromatic N) is 2. The molecule has 2 aliphatic heterocycles. The molecule has 0 bridgehead atoms. The normalized spacial score (nSPS) is 26.6. The highest BCUT2D eigenvalue weighted by atomic mass is 32.2. The SMILES string of the molecule is Cc1cc(C)cc(C2=C(O)C(NN=C3CN4SC4(CCCC(=O)O)S3)=CCC2=O)c1. The van der Waals surface area contributed by atoms with Crippen LogP contribution in [0.25, 0.3) is 5.57 Å². The molecule has 2 fully saturated rings. The number of ketones is 1. The third-order valence-electron chi connectivity index (χ3n) is 5.11. The lowest BCUT2D eigenvalue weighted by Gasteiger charge is -2.18. The van der Waals surface area contributed by atoms with Gasteiger partial charge in [0.15, 0.2) is 11.5 Å². The van der Waals surface area contributed by atoms with Crippen molar-refractivity contribution in [2.75, 3.05) is 6.54 Å². The molecule has 2 heterocycles. The Labute approximate surface area is 183 Å². The number of benzene rings is 1. The molecule has 3 N–H and O–H groups in total. The van der Waals surface area contributed by atoms with E-state index in [1.807, 2.05) is 32.0 Å². The van der Waals surface area contributed by atoms with Gasteiger partial charge in [-0.3, -0.25) is 15.0 Å². The molecule has 30 heavy (non-hydrogen) atoms. The maximum absolute atomic E-state index is 12.5. The predicted octanol–water partition coefficient (Wildman–Crippen LogP) is 3.95. The number of allylic oxidation sites excluding steroid dienone is 2. The molecule has 0 amide bonds. The minimum Gasteiger partial charge on any atom is -0.505 e. The Morgan fingerprint density at radius 1 is 1.30 bits per heavy atom. The van der Waals surface area contributed by atoms with Crippen molar-refractivity contribution in [2.45, 2.75) is 43.7 Å². The number of aryl methyl sites for hydroxylation is 2. The van der Waals surface area contributed by atoms with Crippen LogP contribution in [-0.4, -0.2) is 42.1 Å². The number of fused-ring (bicyclic) bond motifs is 1. The summed E-state index contributed by atoms with van der Waals surface area (Å²) in [6.07, 6.45) is 3.44. The lowest BCUT2D eigenvalue weighted by molar-refractivity contribution is -0.137. The highest BCUT2D eigenvalue weighted by Gasteiger charge is 2.60. The van der Waals surface area contributed by atoms with Crippen molar-refractivity contribution in [3.63, 3.8) is 0 Å². The van der Waals surface area contributed by atoms with Crippen LogP contribution in [0.3, 0.4) is 0 Å². The van der Waals surface area contributed by atoms with E-state index in [4.69, 9.17) is 5.11 Å². The molecule has 1 aromatic rings. The molecule has 2 unspecified atom stereocenters. The molecule has 4 rings (SSSR count). The summed E-state index contributed by atoms with van der Waals surface area (Å²) in [5.74, 6) is -0.977. The Kier molecular flexibility index (Phi) is 5.69. The van der Waals surface area contributed by atoms with E-state index in [0.29, 0.717) is 29.8 Å². The van der Waals surface area contributed by atoms with Crippen molar-refractivity contribution in [3.8, 4) is 0 Å². The second-order valence-corrected chi connectivity index (χ2v) is 10.6. The summed E-state index contributed by atoms with van der Waals surface area (Å²) >= 11 is 3.34. The van der Waals surface area contributed by atoms with E-state index in [1.165, 1.54) is 0 Å². The van der Waals surface area contributed by atoms with Gasteiger partial charge in [-0.15, -0.1) is 0 Å². The van der Waals surface area contributed by atoms with Gasteiger partial charge in [-0.05, 0) is 50.3 Å². The fourth-order valence-electron chi connectivity index (χ4n) is 3.75. The summed E-state index contributed by atoms with van der Waals surface area (Å²) in [5, 5.41) is 24.9. The molecule has 0 aromatic heterocycles. The molecule has 9 heteroatoms. The molecule has 0 spiro atoms. The molecule has 7 nitrogen and oxygen atoms in total. The van der Waals surface area contributed by atoms with Crippen LogP contribution < -0.4 is 5.43 Å². The topological polar surface area (TPSA) is 102 Å². The Hall–Kier alpha value is -2.23. The maximum atomic E-state index is 12.5. The molecule has 2 saturated heterocycles. The van der Waals surface area contributed by atoms with Crippen LogP contribution in [0.15, 0.2) is 40.8 Å². The average Bonchev–Trinajstić information content (AvgIpc) is 3.20. The van der Waals surface area contributed by atoms with Crippen LogP contribution in [0.2, 0.25) is 0 Å². The van der Waals surface area contributed by atoms with E-state index in [2.05, 4.69) is 14.8 Å². The van der Waals surface area contributed by atoms with E-state index in [9.17, 15) is 14.7 Å². The number of thioether (sulfide) groups is 1. The molecule has 158 valence electrons. The van der Waals surface area contributed by atoms with Crippen LogP contribution >= 0.6 is 23.7 Å². The second-order valence-electron chi connectivity index (χ2n) is 7.65. The van der Waals surface area contributed by atoms with E-state index < -0.39 is 5.97 Å². The number of carbonyl (C=O) groups excluding carboxylic acids is 1. The number of hydrazone groups is 1. The van der Waals surface area contributed by atoms with Gasteiger partial charge in [-0.25, -0.2) is 4.31 Å². The van der Waals surface area contributed by atoms with Crippen molar-refractivity contribution in [1.82, 2.24) is 9.73 Å². The molecule has 2 atom stereocenters. The lowest BCUT2D eigenvalue weighted by atomic mass is 9.91. The average molecular weight is 446 g/mol. The van der Waals surface area contributed by atoms with Gasteiger partial charge in [-0.1, -0.05) is 41.1 Å². The number of aliphatic hydroxyl groups is 1. The first-order valence-electron chi connectivity index (χ1n) is 9.73. The number of carbonyl (C=O) groups is 2. The Morgan fingerprint density at radius 2 is 2.03 bits per heavy atom. The predicted molar refractivity (Wildman–Crippen MR) is 120 cm³/mol. The van der Waals surface area contributed by atoms with E-state index in [-0.39, 0.29) is 28.6 Å². The fourth-order valence-corrected chi connectivity index (χ4v) is 6.60. The number of aliphatic hydroxyl groups excluding tert-OH is 1. The van der Waals surface area contributed by atoms with Crippen LogP contribution in [0.5, 0.6) is 0 Å². The molecule has 3 aliphatic rings. The lowest BCUT2D eigenvalue weighted by Crippen LogP contribution is -2.19. The highest BCUT2D eigenvalue weighted by molar-refractivity contribution is 8.30. The first-order valence-corrected chi connectivity index (χ1v) is 11.3. The first kappa shape index (κ1) is 21.0. The Balaban J connectivity index is 1.46. The second kappa shape index (κ2) is 8.13. The van der Waals surface area contributed by atoms with Gasteiger partial charge < -0.3 is 10.2 Å². The van der Waals surface area contributed by atoms with E-state index in [0.717, 1.165) is 22.6 Å². The monoisotopic (exact) mass is 445 g/mol. The number of Topliss-reactive ketones (excluding diaryl/α,β-unsaturated/α-hetero) is 1. The fraction of sp³-hybridized carbons (Fsp3) is 0.381. The van der Waals surface area contributed by atoms with Gasteiger partial charge in [0.1, 0.15) is 9.25 Å². The van der Waals surface area contributed by atoms with Gasteiger partial charge in [0.05, 0.1) is 17.8 Å². The third-order valence-corrected chi connectivity index (χ3v) is 8.10. The number of hydrogen-bond donors (Lipinski definition) is 3. The van der Waals surface area contributed by atoms with Gasteiger partial charge in [0.25, 0.3) is 0 Å². The minimum atomic E-state index is -0.775. The summed E-state index contributed by atoms with van der Waals surface area (Å²) in [7, 11) is 0. The minimum absolute atomic E-state index is 0.0837. The number of nitrogens with one attached hydrogen (secondary N) is 1. The molecule has 0 saturated carbocycles. The van der Waals surface area contributed by atoms with Gasteiger partial charge in [0.2, 0.25) is 0 Å². The van der Waals surface area contributed by atoms with Crippen molar-refractivity contribution in [3.05, 3.63) is 52.4 Å². The molecule has 1 aromatic carbocycles. The quantitative estimate of drug-likeness (QED) is 0.329. The van der Waals surface area contributed by atoms with Crippen molar-refractivity contribution in [1.29, 1.82) is 0 Å². The van der Waals surface area contributed by atoms with Crippen LogP contribution in [0.1, 0.15) is 42.4 Å². The first-order chi connectivity index (χ1) is 14.3. The Bertz CT molecular complexity index is 997. The number of carboxylic acid groups (broad SMARTS) is 1. The smallest absolute Gasteiger partial charge is 0.303 e. The Morgan fingerprint density at radius 3 is 2.73 bits per heavy atom. The largest absolute Gasteiger partial charge is 0.505 e. The number of aliphatic carboxylic acids is 1. The van der Waals surface area contributed by atoms with Crippen LogP contribution in [-0.2, 0) is 9.59 Å².